The smallest absolute Gasteiger partial charge is 0.436 e. The number of likely N-dealkylation sites (tertiary alicyclic amines) is 1. The zero-order valence-corrected chi connectivity index (χ0v) is 14.8. The van der Waals surface area contributed by atoms with Gasteiger partial charge in [-0.15, -0.1) is 0 Å². The first-order valence-corrected chi connectivity index (χ1v) is 9.19. The van der Waals surface area contributed by atoms with Crippen LogP contribution in [0.2, 0.25) is 0 Å². The highest BCUT2D eigenvalue weighted by atomic mass is 32.2. The zero-order chi connectivity index (χ0) is 19.2. The summed E-state index contributed by atoms with van der Waals surface area (Å²) in [7, 11) is -6.95. The van der Waals surface area contributed by atoms with Gasteiger partial charge in [0.25, 0.3) is 0 Å². The van der Waals surface area contributed by atoms with Crippen LogP contribution in [0.4, 0.5) is 26.1 Å². The Morgan fingerprint density at radius 3 is 1.83 bits per heavy atom. The Labute approximate surface area is 138 Å². The molecule has 146 valence electrons. The van der Waals surface area contributed by atoms with E-state index < -0.39 is 21.5 Å². The minimum absolute atomic E-state index is 0.722. The lowest BCUT2D eigenvalue weighted by molar-refractivity contribution is -0.954. The van der Waals surface area contributed by atoms with Crippen LogP contribution in [0.15, 0.2) is 0 Å². The standard InChI is InChI=1S/C11H24NO.CBF6O2S/c1-4-9-13-10-12(11(2)3)7-5-6-8-12;3-1(4,5)11(9,10)2(6,7)8/h11H,4-10H2,1-3H3;/q+1;-1. The molecule has 1 saturated heterocycles. The predicted molar refractivity (Wildman–Crippen MR) is 79.5 cm³/mol. The summed E-state index contributed by atoms with van der Waals surface area (Å²) in [6, 6.07) is 0.722. The highest BCUT2D eigenvalue weighted by Crippen LogP contribution is 2.33. The average Bonchev–Trinajstić information content (AvgIpc) is 2.87. The van der Waals surface area contributed by atoms with Gasteiger partial charge in [-0.05, 0) is 20.3 Å². The molecule has 0 atom stereocenters. The third-order valence-electron chi connectivity index (χ3n) is 3.92. The lowest BCUT2D eigenvalue weighted by Crippen LogP contribution is -2.52. The molecule has 0 saturated carbocycles. The summed E-state index contributed by atoms with van der Waals surface area (Å²) in [5.74, 6) is 0. The van der Waals surface area contributed by atoms with Crippen molar-refractivity contribution in [3.63, 3.8) is 0 Å². The Kier molecular flexibility index (Phi) is 8.57. The van der Waals surface area contributed by atoms with Crippen molar-refractivity contribution in [2.75, 3.05) is 26.4 Å². The molecule has 1 aliphatic rings. The quantitative estimate of drug-likeness (QED) is 0.303. The van der Waals surface area contributed by atoms with E-state index in [-0.39, 0.29) is 0 Å². The van der Waals surface area contributed by atoms with Crippen molar-refractivity contribution in [1.82, 2.24) is 0 Å². The molecule has 12 heteroatoms. The van der Waals surface area contributed by atoms with Gasteiger partial charge < -0.3 is 17.7 Å². The van der Waals surface area contributed by atoms with Crippen molar-refractivity contribution < 1.29 is 43.8 Å². The first kappa shape index (κ1) is 23.5. The van der Waals surface area contributed by atoms with Gasteiger partial charge in [-0.1, -0.05) is 6.92 Å². The molecule has 0 radical (unpaired) electrons. The number of alkyl halides is 3. The molecule has 1 heterocycles. The van der Waals surface area contributed by atoms with Crippen LogP contribution in [-0.2, 0) is 14.4 Å². The van der Waals surface area contributed by atoms with Gasteiger partial charge in [0.15, 0.2) is 6.73 Å². The van der Waals surface area contributed by atoms with E-state index in [1.807, 2.05) is 0 Å². The third-order valence-corrected chi connectivity index (χ3v) is 5.27. The number of rotatable bonds is 6. The topological polar surface area (TPSA) is 43.4 Å². The van der Waals surface area contributed by atoms with Crippen LogP contribution in [0.25, 0.3) is 0 Å². The second-order valence-electron chi connectivity index (χ2n) is 6.01. The number of quaternary nitrogens is 1. The fourth-order valence-corrected chi connectivity index (χ4v) is 2.61. The highest BCUT2D eigenvalue weighted by molar-refractivity contribution is 8.20. The van der Waals surface area contributed by atoms with E-state index in [9.17, 15) is 34.5 Å². The van der Waals surface area contributed by atoms with E-state index in [0.29, 0.717) is 0 Å². The Bertz CT molecular complexity index is 452. The van der Waals surface area contributed by atoms with Crippen LogP contribution >= 0.6 is 0 Å². The van der Waals surface area contributed by atoms with Crippen LogP contribution in [0.5, 0.6) is 0 Å². The highest BCUT2D eigenvalue weighted by Gasteiger charge is 2.58. The minimum Gasteiger partial charge on any atom is -0.436 e. The molecule has 0 aromatic rings. The molecule has 0 spiro atoms. The molecule has 0 bridgehead atoms. The molecular weight excluding hydrogens is 363 g/mol. The van der Waals surface area contributed by atoms with E-state index >= 15 is 0 Å². The lowest BCUT2D eigenvalue weighted by atomic mass is 10.3. The molecule has 1 rings (SSSR count). The number of hydrogen-bond acceptors (Lipinski definition) is 3. The Morgan fingerprint density at radius 1 is 1.12 bits per heavy atom. The second kappa shape index (κ2) is 8.75. The van der Waals surface area contributed by atoms with Crippen molar-refractivity contribution >= 4 is 15.9 Å². The van der Waals surface area contributed by atoms with E-state index in [1.54, 1.807) is 0 Å². The minimum atomic E-state index is -6.95. The van der Waals surface area contributed by atoms with Crippen LogP contribution in [0, 0.1) is 0 Å². The maximum Gasteiger partial charge on any atom is 0.616 e. The number of nitrogens with zero attached hydrogens (tertiary/aromatic N) is 1. The summed E-state index contributed by atoms with van der Waals surface area (Å²) < 4.78 is 92.2. The molecule has 0 amide bonds. The molecule has 0 aromatic heterocycles. The zero-order valence-electron chi connectivity index (χ0n) is 14.0. The van der Waals surface area contributed by atoms with Crippen LogP contribution in [0.1, 0.15) is 40.0 Å². The Hall–Kier alpha value is -0.485. The maximum absolute atomic E-state index is 11.1. The molecule has 0 aliphatic carbocycles. The normalized spacial score (nSPS) is 18.4. The summed E-state index contributed by atoms with van der Waals surface area (Å²) in [5, 5.41) is 0. The van der Waals surface area contributed by atoms with Crippen molar-refractivity contribution in [3.05, 3.63) is 0 Å². The summed E-state index contributed by atoms with van der Waals surface area (Å²) >= 11 is 0. The van der Waals surface area contributed by atoms with Crippen LogP contribution in [0.3, 0.4) is 0 Å². The molecular formula is C12H24BF6NO3S. The lowest BCUT2D eigenvalue weighted by Gasteiger charge is -2.37. The summed E-state index contributed by atoms with van der Waals surface area (Å²) in [6.45, 7) is 11.3. The molecule has 0 aromatic carbocycles. The van der Waals surface area contributed by atoms with Crippen molar-refractivity contribution in [3.8, 4) is 0 Å². The molecule has 0 N–H and O–H groups in total. The van der Waals surface area contributed by atoms with Crippen molar-refractivity contribution in [1.29, 1.82) is 0 Å². The first-order valence-electron chi connectivity index (χ1n) is 7.64. The van der Waals surface area contributed by atoms with Gasteiger partial charge in [-0.25, -0.2) is 0 Å². The van der Waals surface area contributed by atoms with Gasteiger partial charge in [-0.2, -0.15) is 13.2 Å². The molecule has 0 unspecified atom stereocenters. The van der Waals surface area contributed by atoms with E-state index in [1.165, 1.54) is 30.4 Å². The summed E-state index contributed by atoms with van der Waals surface area (Å²) in [6.07, 6.45) is -3.00. The van der Waals surface area contributed by atoms with Gasteiger partial charge in [0.2, 0.25) is 9.69 Å². The van der Waals surface area contributed by atoms with Crippen LogP contribution < -0.4 is 0 Å². The van der Waals surface area contributed by atoms with Gasteiger partial charge in [0.1, 0.15) is 0 Å². The molecule has 4 nitrogen and oxygen atoms in total. The van der Waals surface area contributed by atoms with Gasteiger partial charge in [-0.3, -0.25) is 12.9 Å². The first-order chi connectivity index (χ1) is 10.7. The fourth-order valence-electron chi connectivity index (χ4n) is 2.30. The van der Waals surface area contributed by atoms with Crippen molar-refractivity contribution in [2.45, 2.75) is 51.6 Å². The predicted octanol–water partition coefficient (Wildman–Crippen LogP) is 3.65. The summed E-state index contributed by atoms with van der Waals surface area (Å²) in [4.78, 5) is 0. The molecule has 24 heavy (non-hydrogen) atoms. The van der Waals surface area contributed by atoms with Crippen LogP contribution in [-0.4, -0.2) is 57.1 Å². The number of ether oxygens (including phenoxy) is 1. The average molecular weight is 387 g/mol. The monoisotopic (exact) mass is 387 g/mol. The SMILES string of the molecule is CCCOC[N+]1(C(C)C)CCCC1.O=S(=O)([B-](F)(F)F)C(F)(F)F. The largest absolute Gasteiger partial charge is 0.616 e. The fraction of sp³-hybridized carbons (Fsp3) is 1.00. The van der Waals surface area contributed by atoms with E-state index in [2.05, 4.69) is 20.8 Å². The Balaban J connectivity index is 0.000000449. The van der Waals surface area contributed by atoms with E-state index in [4.69, 9.17) is 4.74 Å². The maximum atomic E-state index is 11.1. The van der Waals surface area contributed by atoms with E-state index in [0.717, 1.165) is 25.8 Å². The third kappa shape index (κ3) is 6.10. The second-order valence-corrected chi connectivity index (χ2v) is 8.10. The molecule has 1 fully saturated rings. The van der Waals surface area contributed by atoms with Gasteiger partial charge in [0, 0.05) is 12.8 Å². The van der Waals surface area contributed by atoms with Crippen molar-refractivity contribution in [2.24, 2.45) is 0 Å². The summed E-state index contributed by atoms with van der Waals surface area (Å²) in [5.41, 5.74) is -6.24. The van der Waals surface area contributed by atoms with Gasteiger partial charge in [0.05, 0.1) is 25.7 Å². The Morgan fingerprint density at radius 2 is 1.58 bits per heavy atom. The molecule has 1 aliphatic heterocycles. The van der Waals surface area contributed by atoms with Gasteiger partial charge >= 0.3 is 11.8 Å². The number of hydrogen-bond donors (Lipinski definition) is 0. The number of halogens is 6.